The van der Waals surface area contributed by atoms with E-state index in [1.165, 1.54) is 0 Å². The van der Waals surface area contributed by atoms with Crippen LogP contribution in [-0.2, 0) is 10.3 Å². The molecule has 0 saturated carbocycles. The molecule has 2 aromatic rings. The number of hydrogen-bond donors (Lipinski definition) is 1. The number of rotatable bonds is 5. The molecular weight excluding hydrogens is 378 g/mol. The third-order valence-electron chi connectivity index (χ3n) is 5.01. The van der Waals surface area contributed by atoms with Crippen LogP contribution in [0.25, 0.3) is 0 Å². The van der Waals surface area contributed by atoms with Gasteiger partial charge in [0, 0.05) is 17.1 Å². The van der Waals surface area contributed by atoms with Crippen LogP contribution in [-0.4, -0.2) is 23.0 Å². The fourth-order valence-corrected chi connectivity index (χ4v) is 3.79. The Hall–Kier alpha value is -1.46. The van der Waals surface area contributed by atoms with Gasteiger partial charge in [-0.25, -0.2) is 4.90 Å². The van der Waals surface area contributed by atoms with Crippen molar-refractivity contribution in [2.45, 2.75) is 37.8 Å². The molecule has 1 unspecified atom stereocenters. The predicted molar refractivity (Wildman–Crippen MR) is 104 cm³/mol. The first-order valence-corrected chi connectivity index (χ1v) is 9.38. The van der Waals surface area contributed by atoms with Gasteiger partial charge in [0.25, 0.3) is 0 Å². The molecule has 0 radical (unpaired) electrons. The molecule has 4 heteroatoms. The number of aliphatic hydroxyl groups is 1. The zero-order valence-corrected chi connectivity index (χ0v) is 16.0. The molecule has 1 fully saturated rings. The quantitative estimate of drug-likeness (QED) is 0.716. The summed E-state index contributed by atoms with van der Waals surface area (Å²) in [7, 11) is 0. The van der Waals surface area contributed by atoms with Crippen molar-refractivity contribution in [3.05, 3.63) is 82.9 Å². The lowest BCUT2D eigenvalue weighted by Crippen LogP contribution is -2.51. The molecule has 3 nitrogen and oxygen atoms in total. The Morgan fingerprint density at radius 1 is 1.28 bits per heavy atom. The molecular formula is C21H24BrNO2. The van der Waals surface area contributed by atoms with Crippen LogP contribution >= 0.6 is 15.9 Å². The first kappa shape index (κ1) is 18.3. The van der Waals surface area contributed by atoms with Crippen molar-refractivity contribution in [3.63, 3.8) is 0 Å². The van der Waals surface area contributed by atoms with Crippen LogP contribution in [0.3, 0.4) is 0 Å². The van der Waals surface area contributed by atoms with Crippen LogP contribution in [0.2, 0.25) is 0 Å². The fraction of sp³-hybridized carbons (Fsp3) is 0.333. The van der Waals surface area contributed by atoms with E-state index in [-0.39, 0.29) is 6.04 Å². The lowest BCUT2D eigenvalue weighted by Gasteiger charge is -2.46. The second-order valence-corrected chi connectivity index (χ2v) is 7.43. The smallest absolute Gasteiger partial charge is 0.217 e. The van der Waals surface area contributed by atoms with Gasteiger partial charge in [0.2, 0.25) is 6.41 Å². The maximum atomic E-state index is 10.7. The molecule has 1 aliphatic heterocycles. The minimum Gasteiger partial charge on any atom is -0.356 e. The summed E-state index contributed by atoms with van der Waals surface area (Å²) in [6.45, 7) is 6.73. The Kier molecular flexibility index (Phi) is 5.74. The topological polar surface area (TPSA) is 32.7 Å². The van der Waals surface area contributed by atoms with E-state index < -0.39 is 12.0 Å². The molecule has 1 N–H and O–H groups in total. The van der Waals surface area contributed by atoms with Gasteiger partial charge < -0.3 is 9.84 Å². The van der Waals surface area contributed by atoms with Gasteiger partial charge in [-0.1, -0.05) is 64.5 Å². The highest BCUT2D eigenvalue weighted by Gasteiger charge is 2.42. The summed E-state index contributed by atoms with van der Waals surface area (Å²) in [4.78, 5) is 1.99. The van der Waals surface area contributed by atoms with E-state index in [9.17, 15) is 5.11 Å². The highest BCUT2D eigenvalue weighted by molar-refractivity contribution is 9.10. The molecule has 0 aromatic heterocycles. The number of hydrogen-bond acceptors (Lipinski definition) is 3. The van der Waals surface area contributed by atoms with E-state index in [0.717, 1.165) is 28.6 Å². The highest BCUT2D eigenvalue weighted by Crippen LogP contribution is 2.40. The van der Waals surface area contributed by atoms with Crippen molar-refractivity contribution in [3.8, 4) is 0 Å². The third kappa shape index (κ3) is 3.87. The molecule has 3 atom stereocenters. The van der Waals surface area contributed by atoms with Gasteiger partial charge in [0.15, 0.2) is 0 Å². The van der Waals surface area contributed by atoms with Gasteiger partial charge in [-0.3, -0.25) is 0 Å². The van der Waals surface area contributed by atoms with Crippen molar-refractivity contribution in [2.24, 2.45) is 0 Å². The van der Waals surface area contributed by atoms with E-state index in [2.05, 4.69) is 53.7 Å². The van der Waals surface area contributed by atoms with Gasteiger partial charge >= 0.3 is 0 Å². The molecule has 25 heavy (non-hydrogen) atoms. The molecule has 1 saturated heterocycles. The van der Waals surface area contributed by atoms with Crippen LogP contribution in [0, 0.1) is 0 Å². The molecule has 0 bridgehead atoms. The van der Waals surface area contributed by atoms with Crippen LogP contribution in [0.1, 0.15) is 36.9 Å². The van der Waals surface area contributed by atoms with Crippen LogP contribution in [0.5, 0.6) is 0 Å². The maximum absolute atomic E-state index is 10.7. The average molecular weight is 402 g/mol. The number of halogens is 1. The van der Waals surface area contributed by atoms with Gasteiger partial charge in [-0.15, -0.1) is 6.58 Å². The molecule has 1 aliphatic rings. The summed E-state index contributed by atoms with van der Waals surface area (Å²) in [6.07, 6.45) is 2.40. The number of aliphatic hydroxyl groups excluding tert-OH is 1. The van der Waals surface area contributed by atoms with Gasteiger partial charge in [0.1, 0.15) is 5.60 Å². The largest absolute Gasteiger partial charge is 0.356 e. The Morgan fingerprint density at radius 2 is 1.96 bits per heavy atom. The van der Waals surface area contributed by atoms with E-state index in [1.807, 2.05) is 41.3 Å². The normalized spacial score (nSPS) is 25.5. The lowest BCUT2D eigenvalue weighted by atomic mass is 9.85. The van der Waals surface area contributed by atoms with Gasteiger partial charge in [-0.2, -0.15) is 0 Å². The second-order valence-electron chi connectivity index (χ2n) is 6.51. The number of benzene rings is 2. The molecule has 0 aliphatic carbocycles. The minimum absolute atomic E-state index is 0.0700. The molecule has 3 rings (SSSR count). The molecule has 0 spiro atoms. The van der Waals surface area contributed by atoms with Gasteiger partial charge in [0.05, 0.1) is 0 Å². The number of nitrogens with zero attached hydrogens (tertiary/aromatic N) is 1. The highest BCUT2D eigenvalue weighted by atomic mass is 79.9. The first-order valence-electron chi connectivity index (χ1n) is 8.59. The summed E-state index contributed by atoms with van der Waals surface area (Å²) in [5, 5.41) is 10.7. The van der Waals surface area contributed by atoms with Crippen LogP contribution in [0.4, 0.5) is 0 Å². The summed E-state index contributed by atoms with van der Waals surface area (Å²) < 4.78 is 7.23. The molecule has 2 aromatic carbocycles. The number of ether oxygens (including phenoxy) is 1. The second kappa shape index (κ2) is 7.83. The van der Waals surface area contributed by atoms with E-state index >= 15 is 0 Å². The molecule has 132 valence electrons. The minimum atomic E-state index is -0.951. The Labute approximate surface area is 158 Å². The standard InChI is InChI=1S/C21H24BrNO2/c1-3-13-21(18-7-5-4-6-8-18)14-15-23(20(24)25-21)16(2)17-9-11-19(22)12-10-17/h3-12,16,20,24H,1,13-15H2,2H3/t16-,20?,21+/m0/s1. The SMILES string of the molecule is C=CC[C@]1(c2ccccc2)CCN([C@@H](C)c2ccc(Br)cc2)C(O)O1. The van der Waals surface area contributed by atoms with Crippen molar-refractivity contribution in [1.29, 1.82) is 0 Å². The summed E-state index contributed by atoms with van der Waals surface area (Å²) >= 11 is 3.46. The first-order chi connectivity index (χ1) is 12.1. The van der Waals surface area contributed by atoms with Crippen molar-refractivity contribution >= 4 is 15.9 Å². The summed E-state index contributed by atoms with van der Waals surface area (Å²) in [5.74, 6) is 0. The van der Waals surface area contributed by atoms with E-state index in [0.29, 0.717) is 6.42 Å². The fourth-order valence-electron chi connectivity index (χ4n) is 3.52. The monoisotopic (exact) mass is 401 g/mol. The van der Waals surface area contributed by atoms with Crippen LogP contribution in [0.15, 0.2) is 71.7 Å². The zero-order chi connectivity index (χ0) is 17.9. The maximum Gasteiger partial charge on any atom is 0.217 e. The Balaban J connectivity index is 1.80. The van der Waals surface area contributed by atoms with Crippen molar-refractivity contribution in [2.75, 3.05) is 6.54 Å². The summed E-state index contributed by atoms with van der Waals surface area (Å²) in [6, 6.07) is 18.4. The van der Waals surface area contributed by atoms with Crippen LogP contribution < -0.4 is 0 Å². The predicted octanol–water partition coefficient (Wildman–Crippen LogP) is 4.98. The molecule has 0 amide bonds. The third-order valence-corrected chi connectivity index (χ3v) is 5.54. The summed E-state index contributed by atoms with van der Waals surface area (Å²) in [5.41, 5.74) is 1.73. The van der Waals surface area contributed by atoms with Crippen molar-refractivity contribution < 1.29 is 9.84 Å². The average Bonchev–Trinajstić information content (AvgIpc) is 2.63. The Morgan fingerprint density at radius 3 is 2.56 bits per heavy atom. The van der Waals surface area contributed by atoms with E-state index in [4.69, 9.17) is 4.74 Å². The zero-order valence-electron chi connectivity index (χ0n) is 14.4. The molecule has 1 heterocycles. The Bertz CT molecular complexity index is 704. The lowest BCUT2D eigenvalue weighted by molar-refractivity contribution is -0.295. The van der Waals surface area contributed by atoms with Crippen molar-refractivity contribution in [1.82, 2.24) is 4.90 Å². The van der Waals surface area contributed by atoms with Gasteiger partial charge in [-0.05, 0) is 43.0 Å². The van der Waals surface area contributed by atoms with E-state index in [1.54, 1.807) is 0 Å².